The zero-order valence-electron chi connectivity index (χ0n) is 20.7. The van der Waals surface area contributed by atoms with Crippen LogP contribution < -0.4 is 9.64 Å². The summed E-state index contributed by atoms with van der Waals surface area (Å²) in [5, 5.41) is 0. The van der Waals surface area contributed by atoms with Gasteiger partial charge in [-0.25, -0.2) is 0 Å². The van der Waals surface area contributed by atoms with Crippen LogP contribution in [0.25, 0.3) is 0 Å². The maximum absolute atomic E-state index is 14.8. The van der Waals surface area contributed by atoms with Crippen LogP contribution in [0.1, 0.15) is 29.7 Å². The number of thioether (sulfide) groups is 1. The third-order valence-electron chi connectivity index (χ3n) is 7.71. The minimum absolute atomic E-state index is 0.159. The number of hydrogen-bond acceptors (Lipinski definition) is 8. The Bertz CT molecular complexity index is 1400. The van der Waals surface area contributed by atoms with Crippen LogP contribution in [0.3, 0.4) is 0 Å². The molecule has 0 N–H and O–H groups in total. The van der Waals surface area contributed by atoms with Crippen LogP contribution in [0, 0.1) is 0 Å². The highest BCUT2D eigenvalue weighted by Crippen LogP contribution is 2.66. The number of thiocarbonyl (C=S) groups is 1. The quantitative estimate of drug-likeness (QED) is 0.458. The monoisotopic (exact) mass is 534 g/mol. The first kappa shape index (κ1) is 24.1. The first-order chi connectivity index (χ1) is 17.9. The van der Waals surface area contributed by atoms with Crippen LogP contribution in [-0.4, -0.2) is 62.9 Å². The summed E-state index contributed by atoms with van der Waals surface area (Å²) in [5.41, 5.74) is 1.10. The molecule has 8 nitrogen and oxygen atoms in total. The van der Waals surface area contributed by atoms with Gasteiger partial charge in [-0.15, -0.1) is 0 Å². The van der Waals surface area contributed by atoms with Crippen LogP contribution in [0.2, 0.25) is 0 Å². The Morgan fingerprint density at radius 3 is 2.73 bits per heavy atom. The van der Waals surface area contributed by atoms with Crippen molar-refractivity contribution >= 4 is 45.8 Å². The van der Waals surface area contributed by atoms with E-state index in [0.29, 0.717) is 29.0 Å². The SMILES string of the molecule is CCOc1ccc2c(c1)[C@]1(C(=O)N2C)N(C)C[C@@H](c2cccnc2)[C@@]12SC(=S)N(Cc1ccco1)C2=O. The number of aromatic nitrogens is 1. The van der Waals surface area contributed by atoms with Crippen LogP contribution in [-0.2, 0) is 21.7 Å². The van der Waals surface area contributed by atoms with E-state index in [1.807, 2.05) is 55.3 Å². The molecule has 190 valence electrons. The van der Waals surface area contributed by atoms with E-state index in [1.165, 1.54) is 11.8 Å². The predicted molar refractivity (Wildman–Crippen MR) is 144 cm³/mol. The maximum atomic E-state index is 14.8. The summed E-state index contributed by atoms with van der Waals surface area (Å²) in [7, 11) is 3.68. The van der Waals surface area contributed by atoms with Crippen molar-refractivity contribution in [1.82, 2.24) is 14.8 Å². The summed E-state index contributed by atoms with van der Waals surface area (Å²) in [4.78, 5) is 38.8. The number of anilines is 1. The Kier molecular flexibility index (Phi) is 5.66. The lowest BCUT2D eigenvalue weighted by Gasteiger charge is -2.42. The highest BCUT2D eigenvalue weighted by Gasteiger charge is 2.78. The average Bonchev–Trinajstić information content (AvgIpc) is 3.62. The van der Waals surface area contributed by atoms with Gasteiger partial charge in [-0.3, -0.25) is 24.4 Å². The second-order valence-electron chi connectivity index (χ2n) is 9.48. The number of fused-ring (bicyclic) bond motifs is 3. The smallest absolute Gasteiger partial charge is 0.254 e. The Hall–Kier alpha value is -3.21. The Morgan fingerprint density at radius 2 is 2.03 bits per heavy atom. The molecule has 3 aromatic rings. The maximum Gasteiger partial charge on any atom is 0.254 e. The molecule has 5 heterocycles. The molecule has 2 aromatic heterocycles. The van der Waals surface area contributed by atoms with Crippen molar-refractivity contribution in [2.45, 2.75) is 29.7 Å². The van der Waals surface area contributed by atoms with Crippen LogP contribution in [0.4, 0.5) is 5.69 Å². The highest BCUT2D eigenvalue weighted by atomic mass is 32.2. The second kappa shape index (κ2) is 8.68. The van der Waals surface area contributed by atoms with Crippen molar-refractivity contribution < 1.29 is 18.7 Å². The Balaban J connectivity index is 1.61. The van der Waals surface area contributed by atoms with Crippen molar-refractivity contribution in [2.75, 3.05) is 32.1 Å². The second-order valence-corrected chi connectivity index (χ2v) is 11.4. The molecule has 3 aliphatic heterocycles. The molecule has 6 rings (SSSR count). The summed E-state index contributed by atoms with van der Waals surface area (Å²) in [6.07, 6.45) is 5.07. The van der Waals surface area contributed by atoms with Gasteiger partial charge in [0.1, 0.15) is 20.6 Å². The van der Waals surface area contributed by atoms with E-state index in [-0.39, 0.29) is 24.3 Å². The van der Waals surface area contributed by atoms with Crippen LogP contribution in [0.15, 0.2) is 65.5 Å². The van der Waals surface area contributed by atoms with E-state index < -0.39 is 10.3 Å². The van der Waals surface area contributed by atoms with Crippen molar-refractivity contribution in [1.29, 1.82) is 0 Å². The third kappa shape index (κ3) is 3.12. The topological polar surface area (TPSA) is 79.1 Å². The lowest BCUT2D eigenvalue weighted by Crippen LogP contribution is -2.62. The largest absolute Gasteiger partial charge is 0.494 e. The van der Waals surface area contributed by atoms with Gasteiger partial charge in [0.05, 0.1) is 19.4 Å². The van der Waals surface area contributed by atoms with E-state index in [0.717, 1.165) is 16.8 Å². The van der Waals surface area contributed by atoms with E-state index in [9.17, 15) is 9.59 Å². The van der Waals surface area contributed by atoms with E-state index in [2.05, 4.69) is 4.98 Å². The molecule has 37 heavy (non-hydrogen) atoms. The Morgan fingerprint density at radius 1 is 1.19 bits per heavy atom. The Labute approximate surface area is 224 Å². The molecule has 0 unspecified atom stereocenters. The zero-order chi connectivity index (χ0) is 25.9. The number of likely N-dealkylation sites (tertiary alicyclic amines) is 1. The lowest BCUT2D eigenvalue weighted by atomic mass is 9.72. The van der Waals surface area contributed by atoms with Gasteiger partial charge in [-0.1, -0.05) is 30.0 Å². The third-order valence-corrected chi connectivity index (χ3v) is 9.66. The van der Waals surface area contributed by atoms with Gasteiger partial charge >= 0.3 is 0 Å². The summed E-state index contributed by atoms with van der Waals surface area (Å²) in [5.74, 6) is 0.576. The van der Waals surface area contributed by atoms with Gasteiger partial charge in [0, 0.05) is 43.2 Å². The van der Waals surface area contributed by atoms with Gasteiger partial charge in [-0.2, -0.15) is 0 Å². The summed E-state index contributed by atoms with van der Waals surface area (Å²) >= 11 is 7.15. The fourth-order valence-corrected chi connectivity index (χ4v) is 8.34. The van der Waals surface area contributed by atoms with Gasteiger partial charge in [0.2, 0.25) is 5.91 Å². The molecular formula is C27H26N4O4S2. The van der Waals surface area contributed by atoms with Gasteiger partial charge in [0.25, 0.3) is 5.91 Å². The number of likely N-dealkylation sites (N-methyl/N-ethyl adjacent to an activating group) is 2. The van der Waals surface area contributed by atoms with Crippen LogP contribution in [0.5, 0.6) is 5.75 Å². The van der Waals surface area contributed by atoms with Crippen molar-refractivity contribution in [3.8, 4) is 5.75 Å². The summed E-state index contributed by atoms with van der Waals surface area (Å²) in [6.45, 7) is 3.08. The number of pyridine rings is 1. The fraction of sp³-hybridized carbons (Fsp3) is 0.333. The molecule has 0 aliphatic carbocycles. The van der Waals surface area contributed by atoms with E-state index in [4.69, 9.17) is 21.4 Å². The predicted octanol–water partition coefficient (Wildman–Crippen LogP) is 3.77. The van der Waals surface area contributed by atoms with E-state index in [1.54, 1.807) is 41.6 Å². The molecule has 3 aliphatic rings. The zero-order valence-corrected chi connectivity index (χ0v) is 22.3. The minimum Gasteiger partial charge on any atom is -0.494 e. The fourth-order valence-electron chi connectivity index (χ4n) is 6.21. The number of nitrogens with zero attached hydrogens (tertiary/aromatic N) is 4. The average molecular weight is 535 g/mol. The number of hydrogen-bond donors (Lipinski definition) is 0. The molecule has 0 saturated carbocycles. The molecule has 2 spiro atoms. The molecule has 0 radical (unpaired) electrons. The van der Waals surface area contributed by atoms with Crippen molar-refractivity contribution in [3.63, 3.8) is 0 Å². The molecule has 0 bridgehead atoms. The molecule has 1 aromatic carbocycles. The molecule has 2 fully saturated rings. The van der Waals surface area contributed by atoms with E-state index >= 15 is 0 Å². The molecule has 3 atom stereocenters. The van der Waals surface area contributed by atoms with Crippen molar-refractivity contribution in [2.24, 2.45) is 0 Å². The number of amides is 2. The number of carbonyl (C=O) groups is 2. The lowest BCUT2D eigenvalue weighted by molar-refractivity contribution is -0.139. The molecule has 2 amide bonds. The van der Waals surface area contributed by atoms with Crippen LogP contribution >= 0.6 is 24.0 Å². The summed E-state index contributed by atoms with van der Waals surface area (Å²) < 4.78 is 10.6. The van der Waals surface area contributed by atoms with Gasteiger partial charge in [-0.05, 0) is 55.9 Å². The van der Waals surface area contributed by atoms with Crippen molar-refractivity contribution in [3.05, 3.63) is 78.0 Å². The standard InChI is InChI=1S/C27H26N4O4S2/c1-4-34-18-9-10-22-20(13-18)26(23(32)30(22)3)27(21(16-29(26)2)17-7-5-11-28-14-17)24(33)31(25(36)37-27)15-19-8-6-12-35-19/h5-14,21H,4,15-16H2,1-3H3/t21-,26+,27-/m0/s1. The normalized spacial score (nSPS) is 27.2. The number of carbonyl (C=O) groups excluding carboxylic acids is 2. The minimum atomic E-state index is -1.30. The molecule has 2 saturated heterocycles. The number of rotatable bonds is 5. The number of furan rings is 1. The highest BCUT2D eigenvalue weighted by molar-refractivity contribution is 8.25. The number of benzene rings is 1. The molecule has 10 heteroatoms. The van der Waals surface area contributed by atoms with Gasteiger partial charge in [0.15, 0.2) is 5.54 Å². The number of ether oxygens (including phenoxy) is 1. The first-order valence-electron chi connectivity index (χ1n) is 12.1. The first-order valence-corrected chi connectivity index (χ1v) is 13.3. The summed E-state index contributed by atoms with van der Waals surface area (Å²) in [6, 6.07) is 13.1. The molecular weight excluding hydrogens is 508 g/mol. The van der Waals surface area contributed by atoms with Gasteiger partial charge < -0.3 is 14.1 Å².